The highest BCUT2D eigenvalue weighted by Crippen LogP contribution is 2.02. The minimum absolute atomic E-state index is 0.260. The van der Waals surface area contributed by atoms with Crippen LogP contribution in [0.2, 0.25) is 0 Å². The monoisotopic (exact) mass is 239 g/mol. The topological polar surface area (TPSA) is 39.2 Å². The van der Waals surface area contributed by atoms with E-state index in [0.29, 0.717) is 5.56 Å². The maximum Gasteiger partial charge on any atom is 0.338 e. The zero-order valence-electron chi connectivity index (χ0n) is 9.82. The van der Waals surface area contributed by atoms with Crippen LogP contribution in [-0.4, -0.2) is 17.6 Å². The summed E-state index contributed by atoms with van der Waals surface area (Å²) >= 11 is 0. The van der Waals surface area contributed by atoms with Crippen molar-refractivity contribution in [2.24, 2.45) is 0 Å². The van der Waals surface area contributed by atoms with Crippen LogP contribution in [0.4, 0.5) is 0 Å². The van der Waals surface area contributed by atoms with Crippen molar-refractivity contribution in [3.63, 3.8) is 0 Å². The van der Waals surface area contributed by atoms with Crippen molar-refractivity contribution in [2.45, 2.75) is 0 Å². The largest absolute Gasteiger partial charge is 0.458 e. The molecule has 3 heteroatoms. The van der Waals surface area contributed by atoms with Crippen molar-refractivity contribution in [3.8, 4) is 0 Å². The van der Waals surface area contributed by atoms with E-state index in [2.05, 4.69) is 4.98 Å². The Morgan fingerprint density at radius 3 is 2.56 bits per heavy atom. The molecule has 0 aliphatic rings. The lowest BCUT2D eigenvalue weighted by Crippen LogP contribution is -2.04. The van der Waals surface area contributed by atoms with E-state index in [1.54, 1.807) is 30.6 Å². The van der Waals surface area contributed by atoms with E-state index in [1.165, 1.54) is 0 Å². The summed E-state index contributed by atoms with van der Waals surface area (Å²) in [4.78, 5) is 15.5. The molecule has 3 nitrogen and oxygen atoms in total. The molecular weight excluding hydrogens is 226 g/mol. The summed E-state index contributed by atoms with van der Waals surface area (Å²) in [5.41, 5.74) is 1.59. The fourth-order valence-corrected chi connectivity index (χ4v) is 1.44. The average Bonchev–Trinajstić information content (AvgIpc) is 2.45. The van der Waals surface area contributed by atoms with Gasteiger partial charge in [0.2, 0.25) is 0 Å². The van der Waals surface area contributed by atoms with Crippen LogP contribution in [0, 0.1) is 0 Å². The van der Waals surface area contributed by atoms with Crippen LogP contribution in [0.5, 0.6) is 0 Å². The molecule has 90 valence electrons. The van der Waals surface area contributed by atoms with Gasteiger partial charge < -0.3 is 4.74 Å². The Balaban J connectivity index is 1.83. The third kappa shape index (κ3) is 3.56. The number of hydrogen-bond donors (Lipinski definition) is 0. The minimum Gasteiger partial charge on any atom is -0.458 e. The van der Waals surface area contributed by atoms with Crippen LogP contribution < -0.4 is 0 Å². The van der Waals surface area contributed by atoms with Crippen molar-refractivity contribution in [1.82, 2.24) is 4.98 Å². The molecule has 0 unspecified atom stereocenters. The van der Waals surface area contributed by atoms with E-state index in [4.69, 9.17) is 4.74 Å². The van der Waals surface area contributed by atoms with Crippen molar-refractivity contribution in [2.75, 3.05) is 6.61 Å². The third-order valence-electron chi connectivity index (χ3n) is 2.34. The molecule has 0 saturated carbocycles. The van der Waals surface area contributed by atoms with Crippen LogP contribution in [0.3, 0.4) is 0 Å². The third-order valence-corrected chi connectivity index (χ3v) is 2.34. The van der Waals surface area contributed by atoms with Gasteiger partial charge in [0, 0.05) is 12.4 Å². The van der Waals surface area contributed by atoms with Crippen molar-refractivity contribution >= 4 is 12.0 Å². The Hall–Kier alpha value is -2.42. The highest BCUT2D eigenvalue weighted by Gasteiger charge is 2.03. The van der Waals surface area contributed by atoms with Crippen LogP contribution >= 0.6 is 0 Å². The summed E-state index contributed by atoms with van der Waals surface area (Å²) in [7, 11) is 0. The van der Waals surface area contributed by atoms with Gasteiger partial charge in [0.1, 0.15) is 6.61 Å². The van der Waals surface area contributed by atoms with Crippen molar-refractivity contribution in [3.05, 3.63) is 72.1 Å². The second kappa shape index (κ2) is 6.35. The molecular formula is C15H13NO2. The molecule has 0 fully saturated rings. The predicted octanol–water partition coefficient (Wildman–Crippen LogP) is 2.95. The standard InChI is InChI=1S/C15H13NO2/c17-15(14-6-2-1-3-7-14)18-12-4-5-13-8-10-16-11-9-13/h1-11H,12H2. The van der Waals surface area contributed by atoms with Crippen molar-refractivity contribution < 1.29 is 9.53 Å². The summed E-state index contributed by atoms with van der Waals surface area (Å²) in [6.07, 6.45) is 7.13. The number of pyridine rings is 1. The molecule has 0 saturated heterocycles. The average molecular weight is 239 g/mol. The number of rotatable bonds is 4. The van der Waals surface area contributed by atoms with Gasteiger partial charge in [0.15, 0.2) is 0 Å². The smallest absolute Gasteiger partial charge is 0.338 e. The maximum atomic E-state index is 11.6. The lowest BCUT2D eigenvalue weighted by molar-refractivity contribution is 0.0550. The number of hydrogen-bond acceptors (Lipinski definition) is 3. The normalized spacial score (nSPS) is 10.4. The van der Waals surface area contributed by atoms with Crippen LogP contribution in [0.15, 0.2) is 60.9 Å². The highest BCUT2D eigenvalue weighted by molar-refractivity contribution is 5.89. The Bertz CT molecular complexity index is 521. The van der Waals surface area contributed by atoms with Gasteiger partial charge in [0.05, 0.1) is 5.56 Å². The van der Waals surface area contributed by atoms with Gasteiger partial charge in [-0.2, -0.15) is 0 Å². The van der Waals surface area contributed by atoms with Crippen LogP contribution in [-0.2, 0) is 4.74 Å². The molecule has 0 amide bonds. The van der Waals surface area contributed by atoms with Crippen LogP contribution in [0.25, 0.3) is 6.08 Å². The van der Waals surface area contributed by atoms with Crippen LogP contribution in [0.1, 0.15) is 15.9 Å². The highest BCUT2D eigenvalue weighted by atomic mass is 16.5. The number of benzene rings is 1. The van der Waals surface area contributed by atoms with Gasteiger partial charge in [-0.15, -0.1) is 0 Å². The Labute approximate surface area is 106 Å². The molecule has 1 aromatic heterocycles. The van der Waals surface area contributed by atoms with Gasteiger partial charge >= 0.3 is 5.97 Å². The lowest BCUT2D eigenvalue weighted by Gasteiger charge is -2.00. The second-order valence-corrected chi connectivity index (χ2v) is 3.65. The Morgan fingerprint density at radius 1 is 1.11 bits per heavy atom. The number of carbonyl (C=O) groups excluding carboxylic acids is 1. The maximum absolute atomic E-state index is 11.6. The predicted molar refractivity (Wildman–Crippen MR) is 70.0 cm³/mol. The first-order chi connectivity index (χ1) is 8.86. The van der Waals surface area contributed by atoms with E-state index in [0.717, 1.165) is 5.56 Å². The van der Waals surface area contributed by atoms with Crippen molar-refractivity contribution in [1.29, 1.82) is 0 Å². The van der Waals surface area contributed by atoms with E-state index in [9.17, 15) is 4.79 Å². The minimum atomic E-state index is -0.310. The fourth-order valence-electron chi connectivity index (χ4n) is 1.44. The number of aromatic nitrogens is 1. The van der Waals surface area contributed by atoms with Gasteiger partial charge in [-0.3, -0.25) is 4.98 Å². The van der Waals surface area contributed by atoms with E-state index < -0.39 is 0 Å². The number of esters is 1. The first-order valence-corrected chi connectivity index (χ1v) is 5.65. The second-order valence-electron chi connectivity index (χ2n) is 3.65. The van der Waals surface area contributed by atoms with E-state index in [-0.39, 0.29) is 12.6 Å². The fraction of sp³-hybridized carbons (Fsp3) is 0.0667. The molecule has 18 heavy (non-hydrogen) atoms. The molecule has 0 N–H and O–H groups in total. The summed E-state index contributed by atoms with van der Waals surface area (Å²) < 4.78 is 5.11. The number of nitrogens with zero attached hydrogens (tertiary/aromatic N) is 1. The number of carbonyl (C=O) groups is 1. The van der Waals surface area contributed by atoms with E-state index >= 15 is 0 Å². The lowest BCUT2D eigenvalue weighted by atomic mass is 10.2. The van der Waals surface area contributed by atoms with Gasteiger partial charge in [-0.05, 0) is 35.9 Å². The first-order valence-electron chi connectivity index (χ1n) is 5.65. The molecule has 0 atom stereocenters. The van der Waals surface area contributed by atoms with Gasteiger partial charge in [-0.25, -0.2) is 4.79 Å². The SMILES string of the molecule is O=C(OCC=Cc1ccncc1)c1ccccc1. The van der Waals surface area contributed by atoms with E-state index in [1.807, 2.05) is 36.4 Å². The molecule has 0 spiro atoms. The quantitative estimate of drug-likeness (QED) is 0.770. The molecule has 0 radical (unpaired) electrons. The summed E-state index contributed by atoms with van der Waals surface area (Å²) in [6.45, 7) is 0.260. The van der Waals surface area contributed by atoms with Gasteiger partial charge in [-0.1, -0.05) is 24.3 Å². The number of ether oxygens (including phenoxy) is 1. The van der Waals surface area contributed by atoms with Gasteiger partial charge in [0.25, 0.3) is 0 Å². The molecule has 0 aliphatic heterocycles. The molecule has 2 rings (SSSR count). The first kappa shape index (κ1) is 12.0. The zero-order valence-corrected chi connectivity index (χ0v) is 9.82. The Kier molecular flexibility index (Phi) is 4.25. The zero-order chi connectivity index (χ0) is 12.6. The summed E-state index contributed by atoms with van der Waals surface area (Å²) in [5.74, 6) is -0.310. The summed E-state index contributed by atoms with van der Waals surface area (Å²) in [6, 6.07) is 12.7. The molecule has 0 aliphatic carbocycles. The molecule has 1 aromatic carbocycles. The molecule has 1 heterocycles. The summed E-state index contributed by atoms with van der Waals surface area (Å²) in [5, 5.41) is 0. The molecule has 0 bridgehead atoms. The Morgan fingerprint density at radius 2 is 1.83 bits per heavy atom. The molecule has 2 aromatic rings.